The molecular formula is C10H14ClFN2O2. The molecule has 1 unspecified atom stereocenters. The van der Waals surface area contributed by atoms with E-state index in [1.54, 1.807) is 0 Å². The predicted molar refractivity (Wildman–Crippen MR) is 60.2 cm³/mol. The first-order valence-corrected chi connectivity index (χ1v) is 5.23. The number of methoxy groups -OCH3 is 1. The second-order valence-corrected chi connectivity index (χ2v) is 3.75. The number of nitrogens with zero attached hydrogens (tertiary/aromatic N) is 1. The molecule has 0 aliphatic carbocycles. The topological polar surface area (TPSA) is 54.4 Å². The largest absolute Gasteiger partial charge is 0.391 e. The van der Waals surface area contributed by atoms with Crippen LogP contribution in [0.2, 0.25) is 5.02 Å². The van der Waals surface area contributed by atoms with Crippen molar-refractivity contribution in [3.05, 3.63) is 23.1 Å². The molecule has 2 N–H and O–H groups in total. The molecule has 0 aromatic carbocycles. The fourth-order valence-corrected chi connectivity index (χ4v) is 1.32. The van der Waals surface area contributed by atoms with Crippen molar-refractivity contribution >= 4 is 17.4 Å². The lowest BCUT2D eigenvalue weighted by Gasteiger charge is -2.10. The van der Waals surface area contributed by atoms with E-state index in [9.17, 15) is 9.50 Å². The van der Waals surface area contributed by atoms with E-state index in [0.29, 0.717) is 13.0 Å². The molecule has 1 heterocycles. The molecule has 0 aliphatic rings. The highest BCUT2D eigenvalue weighted by molar-refractivity contribution is 6.30. The molecule has 0 aliphatic heterocycles. The average Bonchev–Trinajstić information content (AvgIpc) is 2.22. The van der Waals surface area contributed by atoms with Crippen molar-refractivity contribution in [2.75, 3.05) is 25.6 Å². The molecule has 0 saturated carbocycles. The third-order valence-electron chi connectivity index (χ3n) is 1.94. The second kappa shape index (κ2) is 6.62. The fraction of sp³-hybridized carbons (Fsp3) is 0.500. The second-order valence-electron chi connectivity index (χ2n) is 3.31. The van der Waals surface area contributed by atoms with Crippen molar-refractivity contribution in [2.45, 2.75) is 12.5 Å². The quantitative estimate of drug-likeness (QED) is 0.804. The summed E-state index contributed by atoms with van der Waals surface area (Å²) in [4.78, 5) is 3.79. The van der Waals surface area contributed by atoms with Gasteiger partial charge in [0.2, 0.25) is 0 Å². The molecule has 0 radical (unpaired) electrons. The number of ether oxygens (including phenoxy) is 1. The maximum Gasteiger partial charge on any atom is 0.166 e. The van der Waals surface area contributed by atoms with Crippen LogP contribution in [0.15, 0.2) is 12.3 Å². The molecule has 0 saturated heterocycles. The van der Waals surface area contributed by atoms with Crippen LogP contribution in [-0.2, 0) is 4.74 Å². The van der Waals surface area contributed by atoms with Gasteiger partial charge in [0, 0.05) is 19.9 Å². The summed E-state index contributed by atoms with van der Waals surface area (Å²) in [5, 5.41) is 12.4. The van der Waals surface area contributed by atoms with Gasteiger partial charge in [-0.1, -0.05) is 11.6 Å². The zero-order chi connectivity index (χ0) is 12.0. The minimum Gasteiger partial charge on any atom is -0.391 e. The van der Waals surface area contributed by atoms with E-state index in [2.05, 4.69) is 10.3 Å². The van der Waals surface area contributed by atoms with E-state index in [1.165, 1.54) is 19.4 Å². The monoisotopic (exact) mass is 248 g/mol. The SMILES string of the molecule is COCC(O)CCNc1ncc(Cl)cc1F. The van der Waals surface area contributed by atoms with Gasteiger partial charge >= 0.3 is 0 Å². The van der Waals surface area contributed by atoms with Gasteiger partial charge in [-0.25, -0.2) is 9.37 Å². The Bertz CT molecular complexity index is 339. The van der Waals surface area contributed by atoms with Crippen LogP contribution >= 0.6 is 11.6 Å². The average molecular weight is 249 g/mol. The summed E-state index contributed by atoms with van der Waals surface area (Å²) in [6.45, 7) is 0.675. The van der Waals surface area contributed by atoms with Gasteiger partial charge in [0.25, 0.3) is 0 Å². The number of nitrogens with one attached hydrogen (secondary N) is 1. The van der Waals surface area contributed by atoms with Crippen LogP contribution in [-0.4, -0.2) is 36.5 Å². The first kappa shape index (κ1) is 13.2. The predicted octanol–water partition coefficient (Wildman–Crippen LogP) is 1.68. The molecule has 4 nitrogen and oxygen atoms in total. The summed E-state index contributed by atoms with van der Waals surface area (Å²) in [5.41, 5.74) is 0. The first-order chi connectivity index (χ1) is 7.63. The number of halogens is 2. The van der Waals surface area contributed by atoms with Crippen LogP contribution < -0.4 is 5.32 Å². The Labute approximate surface area is 98.4 Å². The third-order valence-corrected chi connectivity index (χ3v) is 2.14. The van der Waals surface area contributed by atoms with Crippen LogP contribution in [0, 0.1) is 5.82 Å². The van der Waals surface area contributed by atoms with Gasteiger partial charge in [0.05, 0.1) is 17.7 Å². The Morgan fingerprint density at radius 1 is 1.69 bits per heavy atom. The molecule has 1 rings (SSSR count). The van der Waals surface area contributed by atoms with E-state index in [0.717, 1.165) is 0 Å². The lowest BCUT2D eigenvalue weighted by Crippen LogP contribution is -2.18. The van der Waals surface area contributed by atoms with Gasteiger partial charge in [0.1, 0.15) is 0 Å². The van der Waals surface area contributed by atoms with E-state index >= 15 is 0 Å². The molecule has 16 heavy (non-hydrogen) atoms. The Morgan fingerprint density at radius 2 is 2.44 bits per heavy atom. The molecular weight excluding hydrogens is 235 g/mol. The lowest BCUT2D eigenvalue weighted by atomic mass is 10.2. The molecule has 0 amide bonds. The van der Waals surface area contributed by atoms with Crippen LogP contribution in [0.4, 0.5) is 10.2 Å². The molecule has 0 bridgehead atoms. The number of hydrogen-bond acceptors (Lipinski definition) is 4. The molecule has 1 atom stereocenters. The zero-order valence-electron chi connectivity index (χ0n) is 8.91. The molecule has 1 aromatic heterocycles. The summed E-state index contributed by atoms with van der Waals surface area (Å²) in [6.07, 6.45) is 1.25. The van der Waals surface area contributed by atoms with Gasteiger partial charge in [-0.05, 0) is 12.5 Å². The van der Waals surface area contributed by atoms with Crippen LogP contribution in [0.3, 0.4) is 0 Å². The molecule has 0 spiro atoms. The Kier molecular flexibility index (Phi) is 5.45. The number of aromatic nitrogens is 1. The highest BCUT2D eigenvalue weighted by atomic mass is 35.5. The van der Waals surface area contributed by atoms with Crippen LogP contribution in [0.1, 0.15) is 6.42 Å². The minimum atomic E-state index is -0.562. The summed E-state index contributed by atoms with van der Waals surface area (Å²) >= 11 is 5.56. The Hall–Kier alpha value is -0.910. The van der Waals surface area contributed by atoms with Crippen molar-refractivity contribution in [3.63, 3.8) is 0 Å². The van der Waals surface area contributed by atoms with Gasteiger partial charge < -0.3 is 15.2 Å². The fourth-order valence-electron chi connectivity index (χ4n) is 1.18. The van der Waals surface area contributed by atoms with E-state index < -0.39 is 11.9 Å². The number of aliphatic hydroxyl groups is 1. The number of pyridine rings is 1. The van der Waals surface area contributed by atoms with E-state index in [-0.39, 0.29) is 17.4 Å². The van der Waals surface area contributed by atoms with Crippen molar-refractivity contribution in [2.24, 2.45) is 0 Å². The van der Waals surface area contributed by atoms with Crippen molar-refractivity contribution < 1.29 is 14.2 Å². The summed E-state index contributed by atoms with van der Waals surface area (Å²) in [7, 11) is 1.51. The maximum absolute atomic E-state index is 13.2. The summed E-state index contributed by atoms with van der Waals surface area (Å²) in [6, 6.07) is 1.18. The molecule has 6 heteroatoms. The summed E-state index contributed by atoms with van der Waals surface area (Å²) < 4.78 is 18.0. The number of anilines is 1. The van der Waals surface area contributed by atoms with Crippen LogP contribution in [0.25, 0.3) is 0 Å². The van der Waals surface area contributed by atoms with Gasteiger partial charge in [-0.2, -0.15) is 0 Å². The standard InChI is InChI=1S/C10H14ClFN2O2/c1-16-6-8(15)2-3-13-10-9(12)4-7(11)5-14-10/h4-5,8,15H,2-3,6H2,1H3,(H,13,14). The number of aliphatic hydroxyl groups excluding tert-OH is 1. The van der Waals surface area contributed by atoms with E-state index in [4.69, 9.17) is 16.3 Å². The maximum atomic E-state index is 13.2. The van der Waals surface area contributed by atoms with E-state index in [1.807, 2.05) is 0 Å². The highest BCUT2D eigenvalue weighted by Crippen LogP contribution is 2.15. The highest BCUT2D eigenvalue weighted by Gasteiger charge is 2.06. The lowest BCUT2D eigenvalue weighted by molar-refractivity contribution is 0.0615. The molecule has 90 valence electrons. The Balaban J connectivity index is 2.37. The Morgan fingerprint density at radius 3 is 3.06 bits per heavy atom. The van der Waals surface area contributed by atoms with Crippen molar-refractivity contribution in [1.82, 2.24) is 4.98 Å². The molecule has 0 fully saturated rings. The number of hydrogen-bond donors (Lipinski definition) is 2. The van der Waals surface area contributed by atoms with Gasteiger partial charge in [0.15, 0.2) is 11.6 Å². The first-order valence-electron chi connectivity index (χ1n) is 4.85. The smallest absolute Gasteiger partial charge is 0.166 e. The normalized spacial score (nSPS) is 12.5. The van der Waals surface area contributed by atoms with Crippen molar-refractivity contribution in [3.8, 4) is 0 Å². The summed E-state index contributed by atoms with van der Waals surface area (Å²) in [5.74, 6) is -0.372. The number of rotatable bonds is 6. The minimum absolute atomic E-state index is 0.133. The third kappa shape index (κ3) is 4.30. The van der Waals surface area contributed by atoms with Crippen LogP contribution in [0.5, 0.6) is 0 Å². The molecule has 1 aromatic rings. The van der Waals surface area contributed by atoms with Crippen molar-refractivity contribution in [1.29, 1.82) is 0 Å². The zero-order valence-corrected chi connectivity index (χ0v) is 9.67. The van der Waals surface area contributed by atoms with Gasteiger partial charge in [-0.15, -0.1) is 0 Å². The van der Waals surface area contributed by atoms with Gasteiger partial charge in [-0.3, -0.25) is 0 Å².